The molecule has 3 fully saturated rings. The molecule has 0 radical (unpaired) electrons. The van der Waals surface area contributed by atoms with Crippen LogP contribution in [0.15, 0.2) is 0 Å². The Balaban J connectivity index is 1.52. The molecule has 70 heavy (non-hydrogen) atoms. The highest BCUT2D eigenvalue weighted by molar-refractivity contribution is 5.71. The highest BCUT2D eigenvalue weighted by atomic mass is 16.8. The van der Waals surface area contributed by atoms with E-state index in [1.807, 2.05) is 6.92 Å². The number of esters is 2. The standard InChI is InChI=1S/C49H88O21/c1-5-6-20-31(21-19-24-33(52)32(51)22-17-15-13-11-9-7-8-10-12-14-16-18-23-34(53)46(61)62)67-48-44(39(57)35(54)26-64-48)70-49-45(40(58)36(55)27-65-49)69-47-42(60)41(59)43(66-30(4)50)37(68-47)28-63-38(56)25-29(2)3/h29,31-37,39-45,47-49,51-55,57-60H,5-28H2,1-4H3,(H,61,62)/t31-,32+,33+,34-,35+,36+,37+,39-,40-,41+,42+,43+,44+,45+,47-,48-,49-/m1/s1. The summed E-state index contributed by atoms with van der Waals surface area (Å²) in [5.74, 6) is -2.62. The number of aliphatic hydroxyl groups is 9. The van der Waals surface area contributed by atoms with Gasteiger partial charge in [-0.05, 0) is 44.4 Å². The number of aliphatic carboxylic acids is 1. The fourth-order valence-electron chi connectivity index (χ4n) is 8.85. The van der Waals surface area contributed by atoms with Crippen LogP contribution < -0.4 is 0 Å². The highest BCUT2D eigenvalue weighted by Crippen LogP contribution is 2.33. The molecule has 3 aliphatic heterocycles. The first kappa shape index (κ1) is 62.1. The molecule has 21 heteroatoms. The van der Waals surface area contributed by atoms with E-state index in [2.05, 4.69) is 0 Å². The molecule has 21 nitrogen and oxygen atoms in total. The maximum atomic E-state index is 12.4. The van der Waals surface area contributed by atoms with E-state index in [9.17, 15) is 60.3 Å². The number of carbonyl (C=O) groups is 3. The van der Waals surface area contributed by atoms with Gasteiger partial charge in [-0.3, -0.25) is 9.59 Å². The van der Waals surface area contributed by atoms with Crippen LogP contribution in [0.25, 0.3) is 0 Å². The Kier molecular flexibility index (Phi) is 29.8. The second kappa shape index (κ2) is 33.6. The molecule has 0 unspecified atom stereocenters. The average molecular weight is 1010 g/mol. The quantitative estimate of drug-likeness (QED) is 0.0321. The molecule has 0 bridgehead atoms. The molecule has 0 aromatic rings. The van der Waals surface area contributed by atoms with Crippen molar-refractivity contribution in [2.45, 2.75) is 267 Å². The van der Waals surface area contributed by atoms with Crippen molar-refractivity contribution < 1.29 is 103 Å². The summed E-state index contributed by atoms with van der Waals surface area (Å²) < 4.78 is 46.5. The van der Waals surface area contributed by atoms with Gasteiger partial charge < -0.3 is 89.0 Å². The molecule has 0 aromatic heterocycles. The van der Waals surface area contributed by atoms with Gasteiger partial charge in [0.05, 0.1) is 31.5 Å². The van der Waals surface area contributed by atoms with Gasteiger partial charge in [0.2, 0.25) is 0 Å². The summed E-state index contributed by atoms with van der Waals surface area (Å²) in [7, 11) is 0. The van der Waals surface area contributed by atoms with Crippen molar-refractivity contribution in [3.8, 4) is 0 Å². The van der Waals surface area contributed by atoms with Crippen molar-refractivity contribution in [1.29, 1.82) is 0 Å². The fourth-order valence-corrected chi connectivity index (χ4v) is 8.85. The predicted octanol–water partition coefficient (Wildman–Crippen LogP) is 2.26. The van der Waals surface area contributed by atoms with Gasteiger partial charge in [-0.15, -0.1) is 0 Å². The monoisotopic (exact) mass is 1010 g/mol. The number of carboxylic acids is 1. The largest absolute Gasteiger partial charge is 0.479 e. The topological polar surface area (TPSA) is 327 Å². The first-order chi connectivity index (χ1) is 33.3. The maximum Gasteiger partial charge on any atom is 0.332 e. The predicted molar refractivity (Wildman–Crippen MR) is 248 cm³/mol. The number of carbonyl (C=O) groups excluding carboxylic acids is 2. The number of aliphatic hydroxyl groups excluding tert-OH is 9. The minimum atomic E-state index is -1.91. The lowest BCUT2D eigenvalue weighted by molar-refractivity contribution is -0.380. The van der Waals surface area contributed by atoms with E-state index >= 15 is 0 Å². The molecule has 17 atom stereocenters. The molecule has 0 aromatic carbocycles. The van der Waals surface area contributed by atoms with E-state index in [0.29, 0.717) is 38.5 Å². The van der Waals surface area contributed by atoms with Crippen molar-refractivity contribution in [3.05, 3.63) is 0 Å². The average Bonchev–Trinajstić information content (AvgIpc) is 3.31. The number of unbranched alkanes of at least 4 members (excludes halogenated alkanes) is 12. The SMILES string of the molecule is CCCC[C@H](CCC[C@H](O)[C@@H](O)CCCCCCCCCCCCCC[C@@H](O)C(=O)O)O[C@H]1OC[C@H](O)[C@@H](O)[C@@H]1O[C@H]1OC[C@H](O)[C@@H](O)[C@@H]1O[C@H]1O[C@@H](COC(=O)CC(C)C)[C@H](OC(C)=O)[C@@H](O)[C@@H]1O. The van der Waals surface area contributed by atoms with Gasteiger partial charge in [-0.1, -0.05) is 111 Å². The molecule has 410 valence electrons. The zero-order valence-electron chi connectivity index (χ0n) is 41.8. The minimum absolute atomic E-state index is 0.0403. The van der Waals surface area contributed by atoms with E-state index in [4.69, 9.17) is 43.0 Å². The van der Waals surface area contributed by atoms with E-state index in [0.717, 1.165) is 96.8 Å². The smallest absolute Gasteiger partial charge is 0.332 e. The Morgan fingerprint density at radius 2 is 1.07 bits per heavy atom. The summed E-state index contributed by atoms with van der Waals surface area (Å²) in [6.45, 7) is 5.41. The van der Waals surface area contributed by atoms with Crippen LogP contribution >= 0.6 is 0 Å². The minimum Gasteiger partial charge on any atom is -0.479 e. The Bertz CT molecular complexity index is 1440. The second-order valence-corrected chi connectivity index (χ2v) is 19.7. The first-order valence-corrected chi connectivity index (χ1v) is 25.9. The molecule has 3 rings (SSSR count). The van der Waals surface area contributed by atoms with Gasteiger partial charge in [-0.2, -0.15) is 0 Å². The molecule has 3 saturated heterocycles. The van der Waals surface area contributed by atoms with Crippen LogP contribution in [0.5, 0.6) is 0 Å². The summed E-state index contributed by atoms with van der Waals surface area (Å²) in [6, 6.07) is 0. The third-order valence-electron chi connectivity index (χ3n) is 13.1. The van der Waals surface area contributed by atoms with Crippen molar-refractivity contribution in [3.63, 3.8) is 0 Å². The molecule has 0 spiro atoms. The molecular weight excluding hydrogens is 925 g/mol. The number of carboxylic acid groups (broad SMARTS) is 1. The van der Waals surface area contributed by atoms with Gasteiger partial charge in [0, 0.05) is 13.3 Å². The molecule has 3 heterocycles. The molecule has 10 N–H and O–H groups in total. The fraction of sp³-hybridized carbons (Fsp3) is 0.939. The summed E-state index contributed by atoms with van der Waals surface area (Å²) in [4.78, 5) is 35.0. The van der Waals surface area contributed by atoms with Crippen molar-refractivity contribution in [2.75, 3.05) is 19.8 Å². The Hall–Kier alpha value is -2.19. The summed E-state index contributed by atoms with van der Waals surface area (Å²) in [5.41, 5.74) is 0. The van der Waals surface area contributed by atoms with Crippen LogP contribution in [0.2, 0.25) is 0 Å². The van der Waals surface area contributed by atoms with Gasteiger partial charge in [-0.25, -0.2) is 4.79 Å². The Labute approximate surface area is 413 Å². The molecular formula is C49H88O21. The summed E-state index contributed by atoms with van der Waals surface area (Å²) in [5, 5.41) is 106. The number of rotatable bonds is 35. The number of hydrogen-bond donors (Lipinski definition) is 10. The molecule has 3 aliphatic rings. The van der Waals surface area contributed by atoms with E-state index in [1.165, 1.54) is 0 Å². The van der Waals surface area contributed by atoms with Crippen LogP contribution in [0.1, 0.15) is 163 Å². The van der Waals surface area contributed by atoms with Gasteiger partial charge in [0.1, 0.15) is 61.5 Å². The Morgan fingerprint density at radius 3 is 1.60 bits per heavy atom. The molecule has 0 saturated carbocycles. The highest BCUT2D eigenvalue weighted by Gasteiger charge is 2.52. The van der Waals surface area contributed by atoms with Crippen LogP contribution in [0.4, 0.5) is 0 Å². The van der Waals surface area contributed by atoms with Crippen LogP contribution in [0.3, 0.4) is 0 Å². The molecule has 0 aliphatic carbocycles. The van der Waals surface area contributed by atoms with Crippen molar-refractivity contribution in [2.24, 2.45) is 5.92 Å². The van der Waals surface area contributed by atoms with Crippen LogP contribution in [-0.2, 0) is 52.3 Å². The molecule has 0 amide bonds. The second-order valence-electron chi connectivity index (χ2n) is 19.7. The van der Waals surface area contributed by atoms with Crippen LogP contribution in [-0.4, -0.2) is 193 Å². The lowest BCUT2D eigenvalue weighted by atomic mass is 9.98. The Morgan fingerprint density at radius 1 is 0.586 bits per heavy atom. The van der Waals surface area contributed by atoms with Crippen molar-refractivity contribution in [1.82, 2.24) is 0 Å². The number of ether oxygens (including phenoxy) is 8. The third kappa shape index (κ3) is 22.1. The lowest BCUT2D eigenvalue weighted by Gasteiger charge is -2.46. The number of hydrogen-bond acceptors (Lipinski definition) is 20. The zero-order chi connectivity index (χ0) is 51.8. The van der Waals surface area contributed by atoms with E-state index in [-0.39, 0.29) is 18.9 Å². The van der Waals surface area contributed by atoms with Gasteiger partial charge in [0.15, 0.2) is 31.1 Å². The van der Waals surface area contributed by atoms with E-state index < -0.39 is 135 Å². The first-order valence-electron chi connectivity index (χ1n) is 25.9. The maximum absolute atomic E-state index is 12.4. The zero-order valence-corrected chi connectivity index (χ0v) is 41.8. The lowest BCUT2D eigenvalue weighted by Crippen LogP contribution is -2.65. The summed E-state index contributed by atoms with van der Waals surface area (Å²) in [6.07, 6.45) is -7.77. The third-order valence-corrected chi connectivity index (χ3v) is 13.1. The summed E-state index contributed by atoms with van der Waals surface area (Å²) >= 11 is 0. The van der Waals surface area contributed by atoms with Gasteiger partial charge in [0.25, 0.3) is 0 Å². The van der Waals surface area contributed by atoms with E-state index in [1.54, 1.807) is 13.8 Å². The van der Waals surface area contributed by atoms with Crippen molar-refractivity contribution >= 4 is 17.9 Å². The van der Waals surface area contributed by atoms with Gasteiger partial charge >= 0.3 is 17.9 Å². The van der Waals surface area contributed by atoms with Crippen LogP contribution in [0, 0.1) is 5.92 Å². The normalized spacial score (nSPS) is 31.2.